The summed E-state index contributed by atoms with van der Waals surface area (Å²) in [5.74, 6) is -0.220. The van der Waals surface area contributed by atoms with Crippen LogP contribution in [0.25, 0.3) is 5.70 Å². The summed E-state index contributed by atoms with van der Waals surface area (Å²) in [5, 5.41) is 0. The van der Waals surface area contributed by atoms with Crippen LogP contribution in [0.4, 0.5) is 0 Å². The fraction of sp³-hybridized carbons (Fsp3) is 0.471. The number of fused-ring (bicyclic) bond motifs is 1. The van der Waals surface area contributed by atoms with Crippen LogP contribution in [0.5, 0.6) is 0 Å². The highest BCUT2D eigenvalue weighted by molar-refractivity contribution is 5.89. The molecule has 0 radical (unpaired) electrons. The molecule has 1 unspecified atom stereocenters. The van der Waals surface area contributed by atoms with Gasteiger partial charge in [0, 0.05) is 17.1 Å². The second-order valence-electron chi connectivity index (χ2n) is 6.96. The summed E-state index contributed by atoms with van der Waals surface area (Å²) in [4.78, 5) is 12.1. The first-order valence-electron chi connectivity index (χ1n) is 7.11. The van der Waals surface area contributed by atoms with Crippen molar-refractivity contribution in [2.24, 2.45) is 5.73 Å². The summed E-state index contributed by atoms with van der Waals surface area (Å²) < 4.78 is 2.26. The largest absolute Gasteiger partial charge is 0.369 e. The van der Waals surface area contributed by atoms with E-state index in [2.05, 4.69) is 44.4 Å². The molecule has 0 bridgehead atoms. The molecular weight excluding hydrogens is 248 g/mol. The van der Waals surface area contributed by atoms with Crippen LogP contribution in [0.2, 0.25) is 0 Å². The molecule has 20 heavy (non-hydrogen) atoms. The first-order valence-corrected chi connectivity index (χ1v) is 7.11. The Bertz CT molecular complexity index is 688. The number of rotatable bonds is 2. The van der Waals surface area contributed by atoms with Gasteiger partial charge < -0.3 is 10.3 Å². The van der Waals surface area contributed by atoms with Crippen molar-refractivity contribution in [2.45, 2.75) is 51.9 Å². The Morgan fingerprint density at radius 3 is 2.20 bits per heavy atom. The number of hydrogen-bond donors (Lipinski definition) is 1. The Morgan fingerprint density at radius 2 is 1.75 bits per heavy atom. The highest BCUT2D eigenvalue weighted by atomic mass is 16.1. The predicted octanol–water partition coefficient (Wildman–Crippen LogP) is 2.94. The van der Waals surface area contributed by atoms with Crippen LogP contribution >= 0.6 is 0 Å². The Morgan fingerprint density at radius 1 is 1.20 bits per heavy atom. The van der Waals surface area contributed by atoms with Gasteiger partial charge in [0.2, 0.25) is 5.91 Å². The summed E-state index contributed by atoms with van der Waals surface area (Å²) in [5.41, 5.74) is 11.2. The average molecular weight is 270 g/mol. The molecule has 1 aromatic rings. The lowest BCUT2D eigenvalue weighted by Gasteiger charge is -2.27. The third kappa shape index (κ3) is 1.38. The third-order valence-corrected chi connectivity index (χ3v) is 5.00. The topological polar surface area (TPSA) is 48.0 Å². The van der Waals surface area contributed by atoms with Gasteiger partial charge in [-0.1, -0.05) is 19.9 Å². The number of allylic oxidation sites excluding steroid dienone is 4. The van der Waals surface area contributed by atoms with E-state index in [9.17, 15) is 4.79 Å². The maximum Gasteiger partial charge on any atom is 0.227 e. The van der Waals surface area contributed by atoms with E-state index >= 15 is 0 Å². The second kappa shape index (κ2) is 3.66. The molecule has 0 fully saturated rings. The summed E-state index contributed by atoms with van der Waals surface area (Å²) in [6, 6.07) is 0. The molecule has 0 aromatic carbocycles. The van der Waals surface area contributed by atoms with Crippen molar-refractivity contribution >= 4 is 11.6 Å². The number of aromatic nitrogens is 1. The van der Waals surface area contributed by atoms with Gasteiger partial charge in [-0.25, -0.2) is 0 Å². The molecule has 2 N–H and O–H groups in total. The van der Waals surface area contributed by atoms with Crippen molar-refractivity contribution in [3.05, 3.63) is 40.7 Å². The van der Waals surface area contributed by atoms with Crippen LogP contribution in [-0.2, 0) is 15.6 Å². The zero-order chi connectivity index (χ0) is 14.9. The molecule has 0 saturated heterocycles. The Labute approximate surface area is 120 Å². The van der Waals surface area contributed by atoms with Crippen LogP contribution < -0.4 is 5.73 Å². The van der Waals surface area contributed by atoms with E-state index < -0.39 is 5.41 Å². The van der Waals surface area contributed by atoms with Crippen molar-refractivity contribution < 1.29 is 4.79 Å². The molecule has 2 aliphatic rings. The molecule has 0 saturated carbocycles. The fourth-order valence-corrected chi connectivity index (χ4v) is 4.33. The standard InChI is InChI=1S/C17H22N2O/c1-10-13-14(11(2)19(10)12-7-6-8-12)17(5,15(18)20)9-16(13,3)4/h6-8H,9H2,1-5H3,(H2,18,20). The zero-order valence-corrected chi connectivity index (χ0v) is 12.9. The third-order valence-electron chi connectivity index (χ3n) is 5.00. The SMILES string of the molecule is Cc1c2c(c(C)n1C1=CC=C1)C(C)(C(N)=O)CC2(C)C. The van der Waals surface area contributed by atoms with E-state index in [-0.39, 0.29) is 11.3 Å². The molecular formula is C17H22N2O. The lowest BCUT2D eigenvalue weighted by atomic mass is 9.79. The van der Waals surface area contributed by atoms with Gasteiger partial charge >= 0.3 is 0 Å². The first-order chi connectivity index (χ1) is 9.20. The van der Waals surface area contributed by atoms with E-state index in [1.807, 2.05) is 13.0 Å². The van der Waals surface area contributed by atoms with Gasteiger partial charge in [-0.3, -0.25) is 4.79 Å². The van der Waals surface area contributed by atoms with E-state index in [0.717, 1.165) is 17.7 Å². The van der Waals surface area contributed by atoms with Crippen LogP contribution in [0.1, 0.15) is 49.7 Å². The summed E-state index contributed by atoms with van der Waals surface area (Å²) in [7, 11) is 0. The highest BCUT2D eigenvalue weighted by Gasteiger charge is 2.52. The van der Waals surface area contributed by atoms with Crippen LogP contribution in [-0.4, -0.2) is 10.5 Å². The highest BCUT2D eigenvalue weighted by Crippen LogP contribution is 2.53. The maximum atomic E-state index is 12.1. The molecule has 106 valence electrons. The fourth-order valence-electron chi connectivity index (χ4n) is 4.33. The van der Waals surface area contributed by atoms with Gasteiger partial charge in [-0.2, -0.15) is 0 Å². The van der Waals surface area contributed by atoms with Gasteiger partial charge in [0.15, 0.2) is 0 Å². The number of carbonyl (C=O) groups excluding carboxylic acids is 1. The first kappa shape index (κ1) is 13.2. The van der Waals surface area contributed by atoms with Crippen molar-refractivity contribution in [1.82, 2.24) is 4.57 Å². The minimum absolute atomic E-state index is 0.0206. The number of amides is 1. The molecule has 2 aliphatic carbocycles. The van der Waals surface area contributed by atoms with Gasteiger partial charge in [-0.05, 0) is 55.9 Å². The van der Waals surface area contributed by atoms with Crippen molar-refractivity contribution in [3.8, 4) is 0 Å². The van der Waals surface area contributed by atoms with Crippen molar-refractivity contribution in [3.63, 3.8) is 0 Å². The normalized spacial score (nSPS) is 26.1. The summed E-state index contributed by atoms with van der Waals surface area (Å²) in [6.07, 6.45) is 7.03. The number of nitrogens with zero attached hydrogens (tertiary/aromatic N) is 1. The molecule has 0 aliphatic heterocycles. The zero-order valence-electron chi connectivity index (χ0n) is 12.9. The molecule has 3 rings (SSSR count). The van der Waals surface area contributed by atoms with E-state index in [1.54, 1.807) is 0 Å². The smallest absolute Gasteiger partial charge is 0.227 e. The second-order valence-corrected chi connectivity index (χ2v) is 6.96. The molecule has 1 amide bonds. The summed E-state index contributed by atoms with van der Waals surface area (Å²) in [6.45, 7) is 10.7. The molecule has 0 spiro atoms. The van der Waals surface area contributed by atoms with Gasteiger partial charge in [0.25, 0.3) is 0 Å². The molecule has 1 aromatic heterocycles. The number of nitrogens with two attached hydrogens (primary N) is 1. The van der Waals surface area contributed by atoms with Crippen LogP contribution in [0, 0.1) is 13.8 Å². The average Bonchev–Trinajstić information content (AvgIpc) is 2.63. The molecule has 3 nitrogen and oxygen atoms in total. The van der Waals surface area contributed by atoms with Crippen LogP contribution in [0.15, 0.2) is 18.2 Å². The molecule has 1 atom stereocenters. The van der Waals surface area contributed by atoms with Gasteiger partial charge in [-0.15, -0.1) is 0 Å². The Hall–Kier alpha value is -1.77. The maximum absolute atomic E-state index is 12.1. The van der Waals surface area contributed by atoms with E-state index in [0.29, 0.717) is 0 Å². The molecule has 1 heterocycles. The minimum Gasteiger partial charge on any atom is -0.369 e. The number of carbonyl (C=O) groups is 1. The minimum atomic E-state index is -0.563. The summed E-state index contributed by atoms with van der Waals surface area (Å²) >= 11 is 0. The predicted molar refractivity (Wildman–Crippen MR) is 81.5 cm³/mol. The number of hydrogen-bond acceptors (Lipinski definition) is 1. The Balaban J connectivity index is 2.33. The quantitative estimate of drug-likeness (QED) is 0.882. The van der Waals surface area contributed by atoms with E-state index in [1.165, 1.54) is 17.0 Å². The van der Waals surface area contributed by atoms with Crippen molar-refractivity contribution in [2.75, 3.05) is 0 Å². The van der Waals surface area contributed by atoms with Gasteiger partial charge in [0.05, 0.1) is 5.41 Å². The van der Waals surface area contributed by atoms with Crippen LogP contribution in [0.3, 0.4) is 0 Å². The monoisotopic (exact) mass is 270 g/mol. The lowest BCUT2D eigenvalue weighted by molar-refractivity contribution is -0.123. The van der Waals surface area contributed by atoms with Gasteiger partial charge in [0.1, 0.15) is 0 Å². The number of primary amides is 1. The Kier molecular flexibility index (Phi) is 2.42. The van der Waals surface area contributed by atoms with Crippen molar-refractivity contribution in [1.29, 1.82) is 0 Å². The van der Waals surface area contributed by atoms with E-state index in [4.69, 9.17) is 5.73 Å². The molecule has 3 heteroatoms. The lowest BCUT2D eigenvalue weighted by Crippen LogP contribution is -2.38.